The second kappa shape index (κ2) is 8.49. The highest BCUT2D eigenvalue weighted by atomic mass is 32.1. The first-order chi connectivity index (χ1) is 12.7. The van der Waals surface area contributed by atoms with Crippen molar-refractivity contribution in [3.05, 3.63) is 59.1 Å². The van der Waals surface area contributed by atoms with Gasteiger partial charge in [0, 0.05) is 25.1 Å². The molecule has 2 aromatic carbocycles. The second-order valence-corrected chi connectivity index (χ2v) is 6.71. The molecule has 6 heteroatoms. The van der Waals surface area contributed by atoms with Crippen molar-refractivity contribution in [2.45, 2.75) is 6.42 Å². The topological polar surface area (TPSA) is 60.5 Å². The minimum absolute atomic E-state index is 0.145. The number of para-hydroxylation sites is 1. The van der Waals surface area contributed by atoms with Crippen LogP contribution in [-0.2, 0) is 11.2 Å². The zero-order chi connectivity index (χ0) is 18.4. The number of fused-ring (bicyclic) bond motifs is 1. The number of thiazole rings is 1. The lowest BCUT2D eigenvalue weighted by molar-refractivity contribution is -0.116. The summed E-state index contributed by atoms with van der Waals surface area (Å²) in [5, 5.41) is 3.90. The summed E-state index contributed by atoms with van der Waals surface area (Å²) in [6.07, 6.45) is 3.95. The molecule has 0 aliphatic rings. The van der Waals surface area contributed by atoms with Crippen LogP contribution in [-0.4, -0.2) is 31.7 Å². The number of nitrogens with zero attached hydrogens (tertiary/aromatic N) is 1. The molecule has 1 heterocycles. The predicted molar refractivity (Wildman–Crippen MR) is 105 cm³/mol. The van der Waals surface area contributed by atoms with E-state index in [2.05, 4.69) is 16.4 Å². The Balaban J connectivity index is 1.54. The van der Waals surface area contributed by atoms with Crippen molar-refractivity contribution in [1.82, 2.24) is 10.3 Å². The molecule has 1 aromatic heterocycles. The monoisotopic (exact) mass is 368 g/mol. The standard InChI is InChI=1S/C20H20N2O3S/c1-24-15-11-14(12-16(13-15)25-2)7-8-19(23)21-10-9-20-22-17-5-3-4-6-18(17)26-20/h3-8,11-13H,9-10H2,1-2H3,(H,21,23)/b8-7+. The van der Waals surface area contributed by atoms with E-state index in [4.69, 9.17) is 9.47 Å². The summed E-state index contributed by atoms with van der Waals surface area (Å²) in [6.45, 7) is 0.546. The highest BCUT2D eigenvalue weighted by Gasteiger charge is 2.04. The SMILES string of the molecule is COc1cc(/C=C/C(=O)NCCc2nc3ccccc3s2)cc(OC)c1. The first kappa shape index (κ1) is 17.9. The fourth-order valence-corrected chi connectivity index (χ4v) is 3.44. The molecule has 134 valence electrons. The van der Waals surface area contributed by atoms with Gasteiger partial charge in [0.05, 0.1) is 29.4 Å². The molecule has 5 nitrogen and oxygen atoms in total. The van der Waals surface area contributed by atoms with E-state index in [1.54, 1.807) is 37.7 Å². The van der Waals surface area contributed by atoms with Crippen LogP contribution in [0.4, 0.5) is 0 Å². The number of rotatable bonds is 7. The fraction of sp³-hybridized carbons (Fsp3) is 0.200. The summed E-state index contributed by atoms with van der Waals surface area (Å²) < 4.78 is 11.6. The van der Waals surface area contributed by atoms with Gasteiger partial charge in [0.25, 0.3) is 0 Å². The molecular formula is C20H20N2O3S. The van der Waals surface area contributed by atoms with Gasteiger partial charge in [0.15, 0.2) is 0 Å². The van der Waals surface area contributed by atoms with Crippen molar-refractivity contribution in [3.63, 3.8) is 0 Å². The summed E-state index contributed by atoms with van der Waals surface area (Å²) in [4.78, 5) is 16.6. The molecule has 0 saturated heterocycles. The normalized spacial score (nSPS) is 11.0. The maximum atomic E-state index is 12.0. The molecule has 0 radical (unpaired) electrons. The van der Waals surface area contributed by atoms with E-state index in [9.17, 15) is 4.79 Å². The third-order valence-corrected chi connectivity index (χ3v) is 4.87. The van der Waals surface area contributed by atoms with Crippen LogP contribution in [0, 0.1) is 0 Å². The van der Waals surface area contributed by atoms with Gasteiger partial charge in [-0.25, -0.2) is 4.98 Å². The van der Waals surface area contributed by atoms with Crippen molar-refractivity contribution in [2.24, 2.45) is 0 Å². The van der Waals surface area contributed by atoms with Crippen LogP contribution < -0.4 is 14.8 Å². The summed E-state index contributed by atoms with van der Waals surface area (Å²) in [6, 6.07) is 13.5. The van der Waals surface area contributed by atoms with Crippen LogP contribution in [0.15, 0.2) is 48.5 Å². The number of carbonyl (C=O) groups excluding carboxylic acids is 1. The third kappa shape index (κ3) is 4.61. The molecular weight excluding hydrogens is 348 g/mol. The van der Waals surface area contributed by atoms with E-state index in [0.29, 0.717) is 24.5 Å². The number of amides is 1. The van der Waals surface area contributed by atoms with Gasteiger partial charge in [-0.15, -0.1) is 11.3 Å². The van der Waals surface area contributed by atoms with Crippen LogP contribution in [0.3, 0.4) is 0 Å². The van der Waals surface area contributed by atoms with E-state index >= 15 is 0 Å². The predicted octanol–water partition coefficient (Wildman–Crippen LogP) is 3.69. The van der Waals surface area contributed by atoms with Crippen molar-refractivity contribution in [1.29, 1.82) is 0 Å². The molecule has 0 atom stereocenters. The first-order valence-corrected chi connectivity index (χ1v) is 9.03. The lowest BCUT2D eigenvalue weighted by Gasteiger charge is -2.05. The average molecular weight is 368 g/mol. The molecule has 0 saturated carbocycles. The largest absolute Gasteiger partial charge is 0.497 e. The number of ether oxygens (including phenoxy) is 2. The maximum absolute atomic E-state index is 12.0. The summed E-state index contributed by atoms with van der Waals surface area (Å²) in [5.74, 6) is 1.22. The Labute approximate surface area is 156 Å². The smallest absolute Gasteiger partial charge is 0.244 e. The molecule has 0 spiro atoms. The molecule has 0 aliphatic heterocycles. The highest BCUT2D eigenvalue weighted by molar-refractivity contribution is 7.18. The Kier molecular flexibility index (Phi) is 5.86. The van der Waals surface area contributed by atoms with E-state index in [-0.39, 0.29) is 5.91 Å². The van der Waals surface area contributed by atoms with Crippen molar-refractivity contribution >= 4 is 33.5 Å². The maximum Gasteiger partial charge on any atom is 0.244 e. The number of nitrogens with one attached hydrogen (secondary N) is 1. The summed E-state index contributed by atoms with van der Waals surface area (Å²) in [7, 11) is 3.19. The Morgan fingerprint density at radius 1 is 1.15 bits per heavy atom. The molecule has 26 heavy (non-hydrogen) atoms. The Morgan fingerprint density at radius 2 is 1.88 bits per heavy atom. The summed E-state index contributed by atoms with van der Waals surface area (Å²) >= 11 is 1.66. The van der Waals surface area contributed by atoms with E-state index < -0.39 is 0 Å². The molecule has 3 aromatic rings. The fourth-order valence-electron chi connectivity index (χ4n) is 2.48. The van der Waals surface area contributed by atoms with Crippen LogP contribution in [0.2, 0.25) is 0 Å². The number of methoxy groups -OCH3 is 2. The van der Waals surface area contributed by atoms with Gasteiger partial charge in [-0.1, -0.05) is 12.1 Å². The third-order valence-electron chi connectivity index (χ3n) is 3.78. The molecule has 0 bridgehead atoms. The van der Waals surface area contributed by atoms with Crippen LogP contribution in [0.1, 0.15) is 10.6 Å². The second-order valence-electron chi connectivity index (χ2n) is 5.60. The Bertz CT molecular complexity index is 878. The molecule has 3 rings (SSSR count). The van der Waals surface area contributed by atoms with Gasteiger partial charge in [-0.3, -0.25) is 4.79 Å². The average Bonchev–Trinajstić information content (AvgIpc) is 3.08. The molecule has 0 fully saturated rings. The van der Waals surface area contributed by atoms with Crippen LogP contribution in [0.25, 0.3) is 16.3 Å². The van der Waals surface area contributed by atoms with Crippen molar-refractivity contribution in [3.8, 4) is 11.5 Å². The van der Waals surface area contributed by atoms with Gasteiger partial charge in [-0.2, -0.15) is 0 Å². The van der Waals surface area contributed by atoms with Gasteiger partial charge in [-0.05, 0) is 35.9 Å². The minimum atomic E-state index is -0.145. The zero-order valence-electron chi connectivity index (χ0n) is 14.7. The zero-order valence-corrected chi connectivity index (χ0v) is 15.5. The molecule has 1 amide bonds. The van der Waals surface area contributed by atoms with Gasteiger partial charge in [0.1, 0.15) is 11.5 Å². The number of aromatic nitrogens is 1. The van der Waals surface area contributed by atoms with Crippen molar-refractivity contribution in [2.75, 3.05) is 20.8 Å². The van der Waals surface area contributed by atoms with Crippen molar-refractivity contribution < 1.29 is 14.3 Å². The molecule has 1 N–H and O–H groups in total. The summed E-state index contributed by atoms with van der Waals surface area (Å²) in [5.41, 5.74) is 1.84. The van der Waals surface area contributed by atoms with Gasteiger partial charge < -0.3 is 14.8 Å². The lowest BCUT2D eigenvalue weighted by Crippen LogP contribution is -2.23. The number of carbonyl (C=O) groups is 1. The Hall–Kier alpha value is -2.86. The number of hydrogen-bond acceptors (Lipinski definition) is 5. The van der Waals surface area contributed by atoms with Crippen LogP contribution in [0.5, 0.6) is 11.5 Å². The van der Waals surface area contributed by atoms with E-state index in [0.717, 1.165) is 16.1 Å². The Morgan fingerprint density at radius 3 is 2.58 bits per heavy atom. The quantitative estimate of drug-likeness (QED) is 0.646. The lowest BCUT2D eigenvalue weighted by atomic mass is 10.2. The number of hydrogen-bond donors (Lipinski definition) is 1. The van der Waals surface area contributed by atoms with Gasteiger partial charge >= 0.3 is 0 Å². The number of benzene rings is 2. The minimum Gasteiger partial charge on any atom is -0.497 e. The van der Waals surface area contributed by atoms with Crippen LogP contribution >= 0.6 is 11.3 Å². The molecule has 0 unspecified atom stereocenters. The van der Waals surface area contributed by atoms with E-state index in [1.165, 1.54) is 10.8 Å². The first-order valence-electron chi connectivity index (χ1n) is 8.21. The highest BCUT2D eigenvalue weighted by Crippen LogP contribution is 2.23. The molecule has 0 aliphatic carbocycles. The van der Waals surface area contributed by atoms with E-state index in [1.807, 2.05) is 30.3 Å². The van der Waals surface area contributed by atoms with Gasteiger partial charge in [0.2, 0.25) is 5.91 Å².